The minimum atomic E-state index is -0.754. The number of esters is 1. The first-order valence-corrected chi connectivity index (χ1v) is 8.87. The predicted octanol–water partition coefficient (Wildman–Crippen LogP) is 3.82. The van der Waals surface area contributed by atoms with E-state index in [9.17, 15) is 24.5 Å². The third-order valence-electron chi connectivity index (χ3n) is 3.97. The lowest BCUT2D eigenvalue weighted by molar-refractivity contribution is -0.384. The third kappa shape index (κ3) is 6.55. The highest BCUT2D eigenvalue weighted by Gasteiger charge is 2.15. The van der Waals surface area contributed by atoms with Gasteiger partial charge in [-0.2, -0.15) is 0 Å². The van der Waals surface area contributed by atoms with Gasteiger partial charge in [0, 0.05) is 23.4 Å². The summed E-state index contributed by atoms with van der Waals surface area (Å²) in [5.41, 5.74) is 1.58. The van der Waals surface area contributed by atoms with Gasteiger partial charge in [0.25, 0.3) is 5.69 Å². The molecule has 0 atom stereocenters. The fourth-order valence-electron chi connectivity index (χ4n) is 2.43. The van der Waals surface area contributed by atoms with Crippen molar-refractivity contribution in [2.45, 2.75) is 20.0 Å². The summed E-state index contributed by atoms with van der Waals surface area (Å²) in [5, 5.41) is 13.2. The van der Waals surface area contributed by atoms with Gasteiger partial charge in [-0.15, -0.1) is 0 Å². The molecule has 0 aromatic heterocycles. The van der Waals surface area contributed by atoms with E-state index in [1.165, 1.54) is 43.3 Å². The summed E-state index contributed by atoms with van der Waals surface area (Å²) in [5.74, 6) is -0.781. The first-order valence-electron chi connectivity index (χ1n) is 8.87. The number of nitrogens with zero attached hydrogens (tertiary/aromatic N) is 1. The number of anilines is 1. The average molecular weight is 412 g/mol. The van der Waals surface area contributed by atoms with Crippen LogP contribution in [0.25, 0.3) is 0 Å². The van der Waals surface area contributed by atoms with Gasteiger partial charge in [-0.05, 0) is 36.2 Å². The zero-order valence-electron chi connectivity index (χ0n) is 16.3. The maximum absolute atomic E-state index is 12.2. The second-order valence-electron chi connectivity index (χ2n) is 6.20. The summed E-state index contributed by atoms with van der Waals surface area (Å²) < 4.78 is 10.1. The van der Waals surface area contributed by atoms with Gasteiger partial charge in [-0.3, -0.25) is 25.0 Å². The van der Waals surface area contributed by atoms with Gasteiger partial charge in [0.1, 0.15) is 13.2 Å². The number of rotatable bonds is 9. The first-order chi connectivity index (χ1) is 14.3. The molecular formula is C21H20N2O7. The Bertz CT molecular complexity index is 968. The van der Waals surface area contributed by atoms with Crippen molar-refractivity contribution >= 4 is 29.2 Å². The molecule has 2 aromatic carbocycles. The average Bonchev–Trinajstić information content (AvgIpc) is 2.72. The van der Waals surface area contributed by atoms with E-state index in [1.807, 2.05) is 0 Å². The summed E-state index contributed by atoms with van der Waals surface area (Å²) >= 11 is 0. The van der Waals surface area contributed by atoms with Gasteiger partial charge < -0.3 is 9.47 Å². The van der Waals surface area contributed by atoms with Crippen LogP contribution < -0.4 is 5.32 Å². The number of nitro benzene ring substituents is 1. The van der Waals surface area contributed by atoms with Gasteiger partial charge in [-0.25, -0.2) is 4.79 Å². The lowest BCUT2D eigenvalue weighted by Gasteiger charge is -2.12. The maximum Gasteiger partial charge on any atom is 0.411 e. The molecule has 0 heterocycles. The number of carbonyl (C=O) groups excluding carboxylic acids is 3. The molecule has 156 valence electrons. The number of benzene rings is 2. The van der Waals surface area contributed by atoms with E-state index in [2.05, 4.69) is 11.9 Å². The molecule has 0 bridgehead atoms. The van der Waals surface area contributed by atoms with Gasteiger partial charge in [0.15, 0.2) is 5.78 Å². The molecule has 2 rings (SSSR count). The minimum Gasteiger partial charge on any atom is -0.461 e. The van der Waals surface area contributed by atoms with Crippen LogP contribution in [0.5, 0.6) is 0 Å². The number of Topliss-reactive ketones (excluding diaryl/α,β-unsaturated/α-hetero) is 1. The summed E-state index contributed by atoms with van der Waals surface area (Å²) in [6, 6.07) is 10.2. The number of nitro groups is 1. The number of ketones is 1. The molecular weight excluding hydrogens is 392 g/mol. The number of amides is 1. The smallest absolute Gasteiger partial charge is 0.411 e. The van der Waals surface area contributed by atoms with Crippen LogP contribution in [0.15, 0.2) is 55.1 Å². The van der Waals surface area contributed by atoms with Crippen LogP contribution in [0.3, 0.4) is 0 Å². The summed E-state index contributed by atoms with van der Waals surface area (Å²) in [4.78, 5) is 45.9. The first kappa shape index (κ1) is 22.3. The second kappa shape index (κ2) is 10.5. The van der Waals surface area contributed by atoms with Crippen LogP contribution in [-0.4, -0.2) is 29.4 Å². The Morgan fingerprint density at radius 2 is 1.83 bits per heavy atom. The van der Waals surface area contributed by atoms with E-state index >= 15 is 0 Å². The molecule has 0 aliphatic rings. The molecule has 2 aromatic rings. The van der Waals surface area contributed by atoms with E-state index in [0.29, 0.717) is 16.7 Å². The van der Waals surface area contributed by atoms with Crippen LogP contribution in [0, 0.1) is 10.1 Å². The van der Waals surface area contributed by atoms with E-state index in [-0.39, 0.29) is 36.8 Å². The highest BCUT2D eigenvalue weighted by Crippen LogP contribution is 2.20. The van der Waals surface area contributed by atoms with Crippen molar-refractivity contribution in [2.24, 2.45) is 0 Å². The van der Waals surface area contributed by atoms with Gasteiger partial charge in [0.2, 0.25) is 0 Å². The zero-order valence-corrected chi connectivity index (χ0v) is 16.3. The normalized spacial score (nSPS) is 10.0. The fourth-order valence-corrected chi connectivity index (χ4v) is 2.43. The molecule has 1 N–H and O–H groups in total. The summed E-state index contributed by atoms with van der Waals surface area (Å²) in [6.07, 6.45) is 0.487. The predicted molar refractivity (Wildman–Crippen MR) is 108 cm³/mol. The van der Waals surface area contributed by atoms with Crippen molar-refractivity contribution in [1.29, 1.82) is 0 Å². The quantitative estimate of drug-likeness (QED) is 0.218. The van der Waals surface area contributed by atoms with Crippen LogP contribution in [0.2, 0.25) is 0 Å². The highest BCUT2D eigenvalue weighted by atomic mass is 16.6. The Morgan fingerprint density at radius 1 is 1.13 bits per heavy atom. The van der Waals surface area contributed by atoms with Crippen molar-refractivity contribution in [1.82, 2.24) is 0 Å². The maximum atomic E-state index is 12.2. The largest absolute Gasteiger partial charge is 0.461 e. The Hall–Kier alpha value is -4.01. The van der Waals surface area contributed by atoms with Crippen molar-refractivity contribution in [3.05, 3.63) is 81.9 Å². The molecule has 9 heteroatoms. The van der Waals surface area contributed by atoms with E-state index < -0.39 is 17.0 Å². The molecule has 30 heavy (non-hydrogen) atoms. The third-order valence-corrected chi connectivity index (χ3v) is 3.97. The molecule has 0 spiro atoms. The Balaban J connectivity index is 2.06. The lowest BCUT2D eigenvalue weighted by Crippen LogP contribution is -2.17. The summed E-state index contributed by atoms with van der Waals surface area (Å²) in [7, 11) is 0. The topological polar surface area (TPSA) is 125 Å². The molecule has 0 unspecified atom stereocenters. The molecule has 0 saturated heterocycles. The molecule has 0 saturated carbocycles. The van der Waals surface area contributed by atoms with Crippen LogP contribution in [0.1, 0.15) is 28.4 Å². The van der Waals surface area contributed by atoms with Gasteiger partial charge >= 0.3 is 12.1 Å². The molecule has 0 aliphatic carbocycles. The standard InChI is InChI=1S/C21H20N2O7/c1-3-10-29-21(26)22-19-11-16(14(2)24)6-7-17(19)12-20(25)30-13-15-4-8-18(9-5-15)23(27)28/h3-9,11H,1,10,12-13H2,2H3,(H,22,26). The molecule has 0 radical (unpaired) electrons. The van der Waals surface area contributed by atoms with Gasteiger partial charge in [0.05, 0.1) is 11.3 Å². The van der Waals surface area contributed by atoms with Crippen molar-refractivity contribution in [2.75, 3.05) is 11.9 Å². The van der Waals surface area contributed by atoms with E-state index in [1.54, 1.807) is 12.1 Å². The highest BCUT2D eigenvalue weighted by molar-refractivity contribution is 5.97. The molecule has 0 aliphatic heterocycles. The molecule has 9 nitrogen and oxygen atoms in total. The van der Waals surface area contributed by atoms with Crippen molar-refractivity contribution in [3.63, 3.8) is 0 Å². The van der Waals surface area contributed by atoms with E-state index in [0.717, 1.165) is 0 Å². The number of nitrogens with one attached hydrogen (secondary N) is 1. The molecule has 1 amide bonds. The van der Waals surface area contributed by atoms with E-state index in [4.69, 9.17) is 9.47 Å². The number of carbonyl (C=O) groups is 3. The second-order valence-corrected chi connectivity index (χ2v) is 6.20. The number of non-ortho nitro benzene ring substituents is 1. The fraction of sp³-hybridized carbons (Fsp3) is 0.190. The summed E-state index contributed by atoms with van der Waals surface area (Å²) in [6.45, 7) is 4.77. The Morgan fingerprint density at radius 3 is 2.43 bits per heavy atom. The lowest BCUT2D eigenvalue weighted by atomic mass is 10.0. The Labute approximate surface area is 172 Å². The number of ether oxygens (including phenoxy) is 2. The zero-order chi connectivity index (χ0) is 22.1. The van der Waals surface area contributed by atoms with Crippen LogP contribution >= 0.6 is 0 Å². The van der Waals surface area contributed by atoms with Crippen LogP contribution in [0.4, 0.5) is 16.2 Å². The van der Waals surface area contributed by atoms with Gasteiger partial charge in [-0.1, -0.05) is 24.8 Å². The number of hydrogen-bond acceptors (Lipinski definition) is 7. The monoisotopic (exact) mass is 412 g/mol. The Kier molecular flexibility index (Phi) is 7.81. The van der Waals surface area contributed by atoms with Crippen LogP contribution in [-0.2, 0) is 27.3 Å². The van der Waals surface area contributed by atoms with Crippen molar-refractivity contribution < 1.29 is 28.8 Å². The SMILES string of the molecule is C=CCOC(=O)Nc1cc(C(C)=O)ccc1CC(=O)OCc1ccc([N+](=O)[O-])cc1. The minimum absolute atomic E-state index is 0.00481. The molecule has 0 fully saturated rings. The van der Waals surface area contributed by atoms with Crippen molar-refractivity contribution in [3.8, 4) is 0 Å². The number of hydrogen-bond donors (Lipinski definition) is 1.